The second kappa shape index (κ2) is 1.69. The van der Waals surface area contributed by atoms with Gasteiger partial charge in [0.05, 0.1) is 6.17 Å². The number of halogens is 1. The van der Waals surface area contributed by atoms with Crippen LogP contribution >= 0.6 is 0 Å². The van der Waals surface area contributed by atoms with Crippen molar-refractivity contribution in [2.75, 3.05) is 0 Å². The molecular weight excluding hydrogens is 105 g/mol. The Hall–Kier alpha value is -0.110. The van der Waals surface area contributed by atoms with Crippen molar-refractivity contribution in [2.24, 2.45) is 5.73 Å². The minimum Gasteiger partial charge on any atom is -0.325 e. The van der Waals surface area contributed by atoms with Crippen molar-refractivity contribution in [1.82, 2.24) is 0 Å². The summed E-state index contributed by atoms with van der Waals surface area (Å²) in [5.41, 5.74) is 5.50. The zero-order valence-corrected chi connectivity index (χ0v) is 5.15. The molecule has 0 aromatic heterocycles. The average Bonchev–Trinajstić information content (AvgIpc) is 2.17. The molecule has 8 heavy (non-hydrogen) atoms. The van der Waals surface area contributed by atoms with Crippen LogP contribution in [0.15, 0.2) is 0 Å². The molecule has 2 heteroatoms. The summed E-state index contributed by atoms with van der Waals surface area (Å²) in [5, 5.41) is 0. The maximum Gasteiger partial charge on any atom is 0.0991 e. The highest BCUT2D eigenvalue weighted by Gasteiger charge is 2.39. The quantitative estimate of drug-likeness (QED) is 0.578. The first-order valence-electron chi connectivity index (χ1n) is 3.05. The van der Waals surface area contributed by atoms with Crippen molar-refractivity contribution in [2.45, 2.75) is 37.9 Å². The van der Waals surface area contributed by atoms with Gasteiger partial charge in [-0.2, -0.15) is 0 Å². The first-order chi connectivity index (χ1) is 3.62. The summed E-state index contributed by atoms with van der Waals surface area (Å²) in [6.07, 6.45) is 1.86. The van der Waals surface area contributed by atoms with Gasteiger partial charge in [0, 0.05) is 5.54 Å². The molecule has 0 aromatic carbocycles. The lowest BCUT2D eigenvalue weighted by molar-refractivity contribution is 0.312. The molecule has 1 unspecified atom stereocenters. The molecule has 1 aliphatic rings. The fourth-order valence-electron chi connectivity index (χ4n) is 0.925. The van der Waals surface area contributed by atoms with E-state index in [2.05, 4.69) is 0 Å². The predicted octanol–water partition coefficient (Wildman–Crippen LogP) is 1.23. The van der Waals surface area contributed by atoms with Crippen LogP contribution in [-0.4, -0.2) is 11.7 Å². The van der Waals surface area contributed by atoms with Gasteiger partial charge in [0.25, 0.3) is 0 Å². The minimum atomic E-state index is -0.720. The van der Waals surface area contributed by atoms with Gasteiger partial charge in [-0.05, 0) is 26.2 Å². The lowest BCUT2D eigenvalue weighted by Crippen LogP contribution is -2.24. The molecule has 1 rings (SSSR count). The maximum absolute atomic E-state index is 12.2. The van der Waals surface area contributed by atoms with E-state index >= 15 is 0 Å². The largest absolute Gasteiger partial charge is 0.325 e. The maximum atomic E-state index is 12.2. The molecule has 0 radical (unpaired) electrons. The van der Waals surface area contributed by atoms with Crippen molar-refractivity contribution in [3.63, 3.8) is 0 Å². The zero-order chi connectivity index (χ0) is 6.20. The molecule has 0 aliphatic heterocycles. The summed E-state index contributed by atoms with van der Waals surface area (Å²) in [6.45, 7) is 1.56. The molecule has 0 spiro atoms. The molecule has 0 saturated heterocycles. The zero-order valence-electron chi connectivity index (χ0n) is 5.15. The number of rotatable bonds is 2. The van der Waals surface area contributed by atoms with Gasteiger partial charge in [0.2, 0.25) is 0 Å². The molecule has 0 bridgehead atoms. The normalized spacial score (nSPS) is 27.4. The van der Waals surface area contributed by atoms with E-state index in [4.69, 9.17) is 5.73 Å². The average molecular weight is 117 g/mol. The van der Waals surface area contributed by atoms with E-state index in [1.807, 2.05) is 0 Å². The molecular formula is C6H12FN. The van der Waals surface area contributed by atoms with Gasteiger partial charge in [0.15, 0.2) is 0 Å². The Bertz CT molecular complexity index is 86.5. The van der Waals surface area contributed by atoms with Gasteiger partial charge in [-0.15, -0.1) is 0 Å². The molecule has 0 heterocycles. The molecule has 0 aromatic rings. The van der Waals surface area contributed by atoms with Crippen LogP contribution in [0.3, 0.4) is 0 Å². The van der Waals surface area contributed by atoms with Crippen molar-refractivity contribution in [3.05, 3.63) is 0 Å². The first-order valence-corrected chi connectivity index (χ1v) is 3.05. The smallest absolute Gasteiger partial charge is 0.0991 e. The summed E-state index contributed by atoms with van der Waals surface area (Å²) in [6, 6.07) is 0. The lowest BCUT2D eigenvalue weighted by atomic mass is 10.1. The number of nitrogens with two attached hydrogens (primary N) is 1. The van der Waals surface area contributed by atoms with E-state index in [-0.39, 0.29) is 5.54 Å². The summed E-state index contributed by atoms with van der Waals surface area (Å²) in [5.74, 6) is 0. The summed E-state index contributed by atoms with van der Waals surface area (Å²) >= 11 is 0. The fraction of sp³-hybridized carbons (Fsp3) is 1.00. The van der Waals surface area contributed by atoms with Gasteiger partial charge in [-0.3, -0.25) is 0 Å². The van der Waals surface area contributed by atoms with Crippen LogP contribution in [0.5, 0.6) is 0 Å². The lowest BCUT2D eigenvalue weighted by Gasteiger charge is -2.07. The van der Waals surface area contributed by atoms with Crippen molar-refractivity contribution in [1.29, 1.82) is 0 Å². The number of hydrogen-bond acceptors (Lipinski definition) is 1. The molecule has 48 valence electrons. The van der Waals surface area contributed by atoms with Crippen molar-refractivity contribution < 1.29 is 4.39 Å². The Morgan fingerprint density at radius 2 is 2.25 bits per heavy atom. The third-order valence-corrected chi connectivity index (χ3v) is 1.58. The molecule has 0 amide bonds. The highest BCUT2D eigenvalue weighted by molar-refractivity contribution is 4.99. The van der Waals surface area contributed by atoms with E-state index in [9.17, 15) is 4.39 Å². The molecule has 1 saturated carbocycles. The van der Waals surface area contributed by atoms with Gasteiger partial charge in [-0.25, -0.2) is 4.39 Å². The topological polar surface area (TPSA) is 26.0 Å². The van der Waals surface area contributed by atoms with E-state index in [0.717, 1.165) is 12.8 Å². The Morgan fingerprint density at radius 1 is 1.75 bits per heavy atom. The molecule has 1 nitrogen and oxygen atoms in total. The summed E-state index contributed by atoms with van der Waals surface area (Å²) in [4.78, 5) is 0. The first kappa shape index (κ1) is 6.02. The van der Waals surface area contributed by atoms with E-state index in [1.54, 1.807) is 6.92 Å². The van der Waals surface area contributed by atoms with Gasteiger partial charge in [0.1, 0.15) is 0 Å². The van der Waals surface area contributed by atoms with Crippen LogP contribution in [0, 0.1) is 0 Å². The highest BCUT2D eigenvalue weighted by atomic mass is 19.1. The molecule has 1 atom stereocenters. The van der Waals surface area contributed by atoms with Gasteiger partial charge >= 0.3 is 0 Å². The summed E-state index contributed by atoms with van der Waals surface area (Å²) < 4.78 is 12.2. The van der Waals surface area contributed by atoms with Crippen molar-refractivity contribution in [3.8, 4) is 0 Å². The van der Waals surface area contributed by atoms with Crippen LogP contribution in [0.4, 0.5) is 4.39 Å². The van der Waals surface area contributed by atoms with Crippen LogP contribution in [0.2, 0.25) is 0 Å². The highest BCUT2D eigenvalue weighted by Crippen LogP contribution is 2.36. The minimum absolute atomic E-state index is 0.103. The SMILES string of the molecule is CC(F)CC1(N)CC1. The molecule has 2 N–H and O–H groups in total. The van der Waals surface area contributed by atoms with Crippen molar-refractivity contribution >= 4 is 0 Å². The van der Waals surface area contributed by atoms with Crippen LogP contribution in [0.1, 0.15) is 26.2 Å². The van der Waals surface area contributed by atoms with E-state index in [0.29, 0.717) is 6.42 Å². The predicted molar refractivity (Wildman–Crippen MR) is 31.3 cm³/mol. The van der Waals surface area contributed by atoms with Crippen LogP contribution < -0.4 is 5.73 Å². The van der Waals surface area contributed by atoms with E-state index in [1.165, 1.54) is 0 Å². The second-order valence-electron chi connectivity index (χ2n) is 2.85. The third kappa shape index (κ3) is 1.44. The molecule has 1 aliphatic carbocycles. The van der Waals surface area contributed by atoms with Crippen LogP contribution in [0.25, 0.3) is 0 Å². The Labute approximate surface area is 49.1 Å². The summed E-state index contributed by atoms with van der Waals surface area (Å²) in [7, 11) is 0. The Balaban J connectivity index is 2.19. The number of hydrogen-bond donors (Lipinski definition) is 1. The second-order valence-corrected chi connectivity index (χ2v) is 2.85. The number of alkyl halides is 1. The van der Waals surface area contributed by atoms with Gasteiger partial charge < -0.3 is 5.73 Å². The van der Waals surface area contributed by atoms with Crippen LogP contribution in [-0.2, 0) is 0 Å². The van der Waals surface area contributed by atoms with Gasteiger partial charge in [-0.1, -0.05) is 0 Å². The molecule has 1 fully saturated rings. The standard InChI is InChI=1S/C6H12FN/c1-5(7)4-6(8)2-3-6/h5H,2-4,8H2,1H3. The Kier molecular flexibility index (Phi) is 1.27. The van der Waals surface area contributed by atoms with E-state index < -0.39 is 6.17 Å². The monoisotopic (exact) mass is 117 g/mol. The Morgan fingerprint density at radius 3 is 2.38 bits per heavy atom. The fourth-order valence-corrected chi connectivity index (χ4v) is 0.925. The third-order valence-electron chi connectivity index (χ3n) is 1.58.